The van der Waals surface area contributed by atoms with Crippen molar-refractivity contribution in [2.24, 2.45) is 0 Å². The monoisotopic (exact) mass is 256 g/mol. The molecule has 1 fully saturated rings. The molecule has 0 spiro atoms. The first-order chi connectivity index (χ1) is 9.33. The van der Waals surface area contributed by atoms with Gasteiger partial charge in [0.25, 0.3) is 0 Å². The van der Waals surface area contributed by atoms with Gasteiger partial charge in [-0.25, -0.2) is 4.79 Å². The van der Waals surface area contributed by atoms with Gasteiger partial charge in [0.2, 0.25) is 0 Å². The van der Waals surface area contributed by atoms with E-state index >= 15 is 0 Å². The summed E-state index contributed by atoms with van der Waals surface area (Å²) in [5.74, 6) is -0.277. The van der Waals surface area contributed by atoms with Gasteiger partial charge in [0.1, 0.15) is 6.61 Å². The average molecular weight is 256 g/mol. The molecule has 0 amide bonds. The Labute approximate surface area is 112 Å². The second kappa shape index (κ2) is 5.41. The summed E-state index contributed by atoms with van der Waals surface area (Å²) in [5.41, 5.74) is 0.594. The Morgan fingerprint density at radius 3 is 2.84 bits per heavy atom. The molecule has 19 heavy (non-hydrogen) atoms. The molecule has 3 rings (SSSR count). The molecule has 2 aromatic carbocycles. The Kier molecular flexibility index (Phi) is 3.47. The number of rotatable bonds is 3. The number of carbonyl (C=O) groups excluding carboxylic acids is 1. The van der Waals surface area contributed by atoms with Crippen molar-refractivity contribution >= 4 is 16.7 Å². The molecular formula is C16H16O3. The Morgan fingerprint density at radius 2 is 2.05 bits per heavy atom. The number of hydrogen-bond acceptors (Lipinski definition) is 3. The molecule has 98 valence electrons. The van der Waals surface area contributed by atoms with Gasteiger partial charge < -0.3 is 9.47 Å². The standard InChI is InChI=1S/C16H16O3/c17-16(19-11-15-6-3-9-18-15)14-8-7-12-4-1-2-5-13(12)10-14/h1-2,4-5,7-8,10,15H,3,6,9,11H2. The third-order valence-electron chi connectivity index (χ3n) is 3.41. The number of carbonyl (C=O) groups is 1. The van der Waals surface area contributed by atoms with Crippen LogP contribution in [-0.2, 0) is 9.47 Å². The summed E-state index contributed by atoms with van der Waals surface area (Å²) in [5, 5.41) is 2.17. The molecule has 0 saturated carbocycles. The van der Waals surface area contributed by atoms with E-state index in [1.54, 1.807) is 6.07 Å². The van der Waals surface area contributed by atoms with Crippen LogP contribution in [0.25, 0.3) is 10.8 Å². The van der Waals surface area contributed by atoms with E-state index in [1.165, 1.54) is 0 Å². The molecule has 0 bridgehead atoms. The predicted octanol–water partition coefficient (Wildman–Crippen LogP) is 3.18. The molecule has 3 nitrogen and oxygen atoms in total. The highest BCUT2D eigenvalue weighted by molar-refractivity contribution is 5.95. The van der Waals surface area contributed by atoms with Crippen LogP contribution < -0.4 is 0 Å². The average Bonchev–Trinajstić information content (AvgIpc) is 2.97. The number of benzene rings is 2. The molecule has 1 aliphatic rings. The molecule has 3 heteroatoms. The topological polar surface area (TPSA) is 35.5 Å². The summed E-state index contributed by atoms with van der Waals surface area (Å²) in [7, 11) is 0. The number of fused-ring (bicyclic) bond motifs is 1. The second-order valence-electron chi connectivity index (χ2n) is 4.80. The Balaban J connectivity index is 1.70. The summed E-state index contributed by atoms with van der Waals surface area (Å²) in [6.07, 6.45) is 2.10. The normalized spacial score (nSPS) is 18.6. The van der Waals surface area contributed by atoms with Crippen molar-refractivity contribution in [2.45, 2.75) is 18.9 Å². The van der Waals surface area contributed by atoms with Gasteiger partial charge in [0, 0.05) is 6.61 Å². The zero-order chi connectivity index (χ0) is 13.1. The maximum absolute atomic E-state index is 12.0. The van der Waals surface area contributed by atoms with Crippen LogP contribution >= 0.6 is 0 Å². The van der Waals surface area contributed by atoms with E-state index in [0.29, 0.717) is 12.2 Å². The van der Waals surface area contributed by atoms with Crippen molar-refractivity contribution < 1.29 is 14.3 Å². The van der Waals surface area contributed by atoms with E-state index in [0.717, 1.165) is 30.2 Å². The summed E-state index contributed by atoms with van der Waals surface area (Å²) >= 11 is 0. The van der Waals surface area contributed by atoms with Gasteiger partial charge in [-0.1, -0.05) is 30.3 Å². The van der Waals surface area contributed by atoms with Crippen molar-refractivity contribution in [2.75, 3.05) is 13.2 Å². The molecule has 2 aromatic rings. The quantitative estimate of drug-likeness (QED) is 0.791. The molecule has 1 atom stereocenters. The van der Waals surface area contributed by atoms with E-state index in [4.69, 9.17) is 9.47 Å². The van der Waals surface area contributed by atoms with Gasteiger partial charge in [-0.3, -0.25) is 0 Å². The van der Waals surface area contributed by atoms with E-state index in [-0.39, 0.29) is 12.1 Å². The second-order valence-corrected chi connectivity index (χ2v) is 4.80. The van der Waals surface area contributed by atoms with Crippen molar-refractivity contribution in [3.63, 3.8) is 0 Å². The summed E-state index contributed by atoms with van der Waals surface area (Å²) in [4.78, 5) is 12.0. The zero-order valence-corrected chi connectivity index (χ0v) is 10.7. The summed E-state index contributed by atoms with van der Waals surface area (Å²) in [6.45, 7) is 1.13. The lowest BCUT2D eigenvalue weighted by Gasteiger charge is -2.10. The van der Waals surface area contributed by atoms with Gasteiger partial charge >= 0.3 is 5.97 Å². The van der Waals surface area contributed by atoms with Crippen molar-refractivity contribution in [3.05, 3.63) is 48.0 Å². The highest BCUT2D eigenvalue weighted by Crippen LogP contribution is 2.17. The van der Waals surface area contributed by atoms with Gasteiger partial charge in [-0.05, 0) is 35.7 Å². The molecule has 0 N–H and O–H groups in total. The third-order valence-corrected chi connectivity index (χ3v) is 3.41. The van der Waals surface area contributed by atoms with E-state index < -0.39 is 0 Å². The first kappa shape index (κ1) is 12.2. The van der Waals surface area contributed by atoms with E-state index in [2.05, 4.69) is 0 Å². The third kappa shape index (κ3) is 2.76. The fourth-order valence-corrected chi connectivity index (χ4v) is 2.34. The molecule has 1 heterocycles. The number of ether oxygens (including phenoxy) is 2. The summed E-state index contributed by atoms with van der Waals surface area (Å²) in [6, 6.07) is 13.6. The molecule has 0 aromatic heterocycles. The van der Waals surface area contributed by atoms with Crippen LogP contribution in [0.2, 0.25) is 0 Å². The predicted molar refractivity (Wildman–Crippen MR) is 73.2 cm³/mol. The number of esters is 1. The minimum atomic E-state index is -0.277. The van der Waals surface area contributed by atoms with E-state index in [9.17, 15) is 4.79 Å². The van der Waals surface area contributed by atoms with Crippen LogP contribution in [0.4, 0.5) is 0 Å². The van der Waals surface area contributed by atoms with Gasteiger partial charge in [-0.15, -0.1) is 0 Å². The maximum atomic E-state index is 12.0. The first-order valence-corrected chi connectivity index (χ1v) is 6.60. The van der Waals surface area contributed by atoms with E-state index in [1.807, 2.05) is 36.4 Å². The van der Waals surface area contributed by atoms with Crippen molar-refractivity contribution in [1.29, 1.82) is 0 Å². The minimum Gasteiger partial charge on any atom is -0.459 e. The minimum absolute atomic E-state index is 0.0735. The number of hydrogen-bond donors (Lipinski definition) is 0. The largest absolute Gasteiger partial charge is 0.459 e. The molecule has 1 aliphatic heterocycles. The van der Waals surface area contributed by atoms with Crippen LogP contribution in [0.1, 0.15) is 23.2 Å². The van der Waals surface area contributed by atoms with Crippen LogP contribution in [0.15, 0.2) is 42.5 Å². The lowest BCUT2D eigenvalue weighted by molar-refractivity contribution is 0.0161. The Morgan fingerprint density at radius 1 is 1.21 bits per heavy atom. The Hall–Kier alpha value is -1.87. The van der Waals surface area contributed by atoms with Crippen LogP contribution in [0, 0.1) is 0 Å². The molecule has 0 radical (unpaired) electrons. The van der Waals surface area contributed by atoms with Gasteiger partial charge in [0.05, 0.1) is 11.7 Å². The first-order valence-electron chi connectivity index (χ1n) is 6.60. The fraction of sp³-hybridized carbons (Fsp3) is 0.312. The lowest BCUT2D eigenvalue weighted by atomic mass is 10.1. The summed E-state index contributed by atoms with van der Waals surface area (Å²) < 4.78 is 10.7. The van der Waals surface area contributed by atoms with Crippen molar-refractivity contribution in [1.82, 2.24) is 0 Å². The van der Waals surface area contributed by atoms with Gasteiger partial charge in [-0.2, -0.15) is 0 Å². The van der Waals surface area contributed by atoms with Crippen molar-refractivity contribution in [3.8, 4) is 0 Å². The highest BCUT2D eigenvalue weighted by atomic mass is 16.6. The maximum Gasteiger partial charge on any atom is 0.338 e. The highest BCUT2D eigenvalue weighted by Gasteiger charge is 2.18. The van der Waals surface area contributed by atoms with Gasteiger partial charge in [0.15, 0.2) is 0 Å². The van der Waals surface area contributed by atoms with Crippen LogP contribution in [0.3, 0.4) is 0 Å². The molecule has 1 saturated heterocycles. The van der Waals surface area contributed by atoms with Crippen LogP contribution in [-0.4, -0.2) is 25.3 Å². The molecule has 1 unspecified atom stereocenters. The molecule has 0 aliphatic carbocycles. The fourth-order valence-electron chi connectivity index (χ4n) is 2.34. The molecular weight excluding hydrogens is 240 g/mol. The lowest BCUT2D eigenvalue weighted by Crippen LogP contribution is -2.17. The zero-order valence-electron chi connectivity index (χ0n) is 10.7. The van der Waals surface area contributed by atoms with Crippen LogP contribution in [0.5, 0.6) is 0 Å². The smallest absolute Gasteiger partial charge is 0.338 e. The Bertz CT molecular complexity index is 585. The SMILES string of the molecule is O=C(OCC1CCCO1)c1ccc2ccccc2c1.